The van der Waals surface area contributed by atoms with Crippen LogP contribution in [0.2, 0.25) is 0 Å². The Bertz CT molecular complexity index is 873. The highest BCUT2D eigenvalue weighted by atomic mass is 16.1. The van der Waals surface area contributed by atoms with Gasteiger partial charge in [0.25, 0.3) is 5.56 Å². The molecule has 4 rings (SSSR count). The molecule has 1 aromatic carbocycles. The average molecular weight is 310 g/mol. The molecular weight excluding hydrogens is 288 g/mol. The number of fused-ring (bicyclic) bond motifs is 3. The summed E-state index contributed by atoms with van der Waals surface area (Å²) in [5.74, 6) is 0.828. The minimum atomic E-state index is -0.144. The molecule has 0 bridgehead atoms. The van der Waals surface area contributed by atoms with E-state index < -0.39 is 0 Å². The number of hydrogen-bond donors (Lipinski definition) is 2. The summed E-state index contributed by atoms with van der Waals surface area (Å²) in [4.78, 5) is 19.1. The first-order valence-electron chi connectivity index (χ1n) is 8.50. The lowest BCUT2D eigenvalue weighted by atomic mass is 9.89. The van der Waals surface area contributed by atoms with Crippen molar-refractivity contribution >= 4 is 16.7 Å². The first-order chi connectivity index (χ1) is 11.3. The first-order valence-corrected chi connectivity index (χ1v) is 8.50. The third-order valence-corrected chi connectivity index (χ3v) is 4.90. The van der Waals surface area contributed by atoms with Crippen LogP contribution in [0, 0.1) is 5.92 Å². The van der Waals surface area contributed by atoms with Gasteiger partial charge >= 0.3 is 0 Å². The molecule has 0 unspecified atom stereocenters. The summed E-state index contributed by atoms with van der Waals surface area (Å²) < 4.78 is 1.84. The van der Waals surface area contributed by atoms with Gasteiger partial charge in [0.1, 0.15) is 0 Å². The number of nitrogens with zero attached hydrogens (tertiary/aromatic N) is 2. The molecule has 0 aliphatic heterocycles. The fourth-order valence-corrected chi connectivity index (χ4v) is 3.66. The lowest BCUT2D eigenvalue weighted by Crippen LogP contribution is -2.24. The van der Waals surface area contributed by atoms with Crippen LogP contribution < -0.4 is 10.9 Å². The topological polar surface area (TPSA) is 62.2 Å². The van der Waals surface area contributed by atoms with Crippen LogP contribution in [0.15, 0.2) is 35.4 Å². The molecule has 1 fully saturated rings. The Morgan fingerprint density at radius 1 is 1.26 bits per heavy atom. The van der Waals surface area contributed by atoms with E-state index >= 15 is 0 Å². The Morgan fingerprint density at radius 3 is 3.00 bits per heavy atom. The van der Waals surface area contributed by atoms with Crippen LogP contribution in [0.5, 0.6) is 0 Å². The van der Waals surface area contributed by atoms with Gasteiger partial charge in [0.2, 0.25) is 5.65 Å². The second-order valence-corrected chi connectivity index (χ2v) is 6.56. The van der Waals surface area contributed by atoms with Gasteiger partial charge in [-0.1, -0.05) is 25.3 Å². The van der Waals surface area contributed by atoms with Crippen molar-refractivity contribution in [3.05, 3.63) is 46.5 Å². The highest BCUT2D eigenvalue weighted by molar-refractivity contribution is 5.78. The Balaban J connectivity index is 1.52. The van der Waals surface area contributed by atoms with E-state index in [0.717, 1.165) is 30.0 Å². The standard InChI is InChI=1S/C18H22N4O/c23-18-17-20-8-9-22(17)16-7-6-14(10-15(16)21-18)12-19-11-13-4-2-1-3-5-13/h6-10,13,19H,1-5,11-12H2,(H,21,23). The van der Waals surface area contributed by atoms with Crippen molar-refractivity contribution in [1.82, 2.24) is 19.7 Å². The molecule has 2 N–H and O–H groups in total. The molecule has 2 aromatic heterocycles. The van der Waals surface area contributed by atoms with E-state index in [1.54, 1.807) is 6.20 Å². The molecule has 3 aromatic rings. The molecule has 0 atom stereocenters. The summed E-state index contributed by atoms with van der Waals surface area (Å²) in [5.41, 5.74) is 3.34. The maximum absolute atomic E-state index is 12.0. The van der Waals surface area contributed by atoms with Crippen molar-refractivity contribution in [3.63, 3.8) is 0 Å². The number of H-pyrrole nitrogens is 1. The predicted molar refractivity (Wildman–Crippen MR) is 91.6 cm³/mol. The zero-order valence-corrected chi connectivity index (χ0v) is 13.2. The Morgan fingerprint density at radius 2 is 2.13 bits per heavy atom. The number of rotatable bonds is 4. The molecule has 23 heavy (non-hydrogen) atoms. The predicted octanol–water partition coefficient (Wildman–Crippen LogP) is 2.85. The molecule has 0 saturated heterocycles. The Labute approximate surface area is 134 Å². The number of aromatic nitrogens is 3. The zero-order chi connectivity index (χ0) is 15.6. The van der Waals surface area contributed by atoms with Crippen molar-refractivity contribution in [2.24, 2.45) is 5.92 Å². The monoisotopic (exact) mass is 310 g/mol. The summed E-state index contributed by atoms with van der Waals surface area (Å²) in [5, 5.41) is 3.57. The van der Waals surface area contributed by atoms with Gasteiger partial charge in [-0.3, -0.25) is 9.20 Å². The summed E-state index contributed by atoms with van der Waals surface area (Å²) in [6.07, 6.45) is 10.4. The lowest BCUT2D eigenvalue weighted by Gasteiger charge is -2.21. The van der Waals surface area contributed by atoms with Crippen molar-refractivity contribution in [2.75, 3.05) is 6.54 Å². The van der Waals surface area contributed by atoms with Gasteiger partial charge in [0.15, 0.2) is 0 Å². The summed E-state index contributed by atoms with van der Waals surface area (Å²) in [6, 6.07) is 6.23. The quantitative estimate of drug-likeness (QED) is 0.779. The van der Waals surface area contributed by atoms with Crippen LogP contribution in [0.25, 0.3) is 16.7 Å². The number of imidazole rings is 1. The van der Waals surface area contributed by atoms with Crippen molar-refractivity contribution in [1.29, 1.82) is 0 Å². The van der Waals surface area contributed by atoms with Crippen LogP contribution in [0.3, 0.4) is 0 Å². The first kappa shape index (κ1) is 14.5. The molecule has 1 saturated carbocycles. The molecule has 0 amide bonds. The summed E-state index contributed by atoms with van der Waals surface area (Å²) in [7, 11) is 0. The molecule has 2 heterocycles. The molecule has 5 heteroatoms. The Kier molecular flexibility index (Phi) is 3.87. The third kappa shape index (κ3) is 2.88. The van der Waals surface area contributed by atoms with E-state index in [4.69, 9.17) is 0 Å². The highest BCUT2D eigenvalue weighted by Gasteiger charge is 2.12. The minimum absolute atomic E-state index is 0.144. The number of nitrogens with one attached hydrogen (secondary N) is 2. The number of aromatic amines is 1. The number of benzene rings is 1. The van der Waals surface area contributed by atoms with Gasteiger partial charge in [0, 0.05) is 18.9 Å². The SMILES string of the molecule is O=c1[nH]c2cc(CNCC3CCCCC3)ccc2n2ccnc12. The average Bonchev–Trinajstić information content (AvgIpc) is 3.06. The highest BCUT2D eigenvalue weighted by Crippen LogP contribution is 2.23. The van der Waals surface area contributed by atoms with Crippen LogP contribution in [-0.4, -0.2) is 20.9 Å². The van der Waals surface area contributed by atoms with Gasteiger partial charge in [-0.15, -0.1) is 0 Å². The summed E-state index contributed by atoms with van der Waals surface area (Å²) >= 11 is 0. The van der Waals surface area contributed by atoms with E-state index in [0.29, 0.717) is 5.65 Å². The fraction of sp³-hybridized carbons (Fsp3) is 0.444. The molecule has 1 aliphatic rings. The lowest BCUT2D eigenvalue weighted by molar-refractivity contribution is 0.342. The van der Waals surface area contributed by atoms with E-state index in [-0.39, 0.29) is 5.56 Å². The van der Waals surface area contributed by atoms with Crippen molar-refractivity contribution in [3.8, 4) is 0 Å². The third-order valence-electron chi connectivity index (χ3n) is 4.90. The molecule has 0 spiro atoms. The molecule has 1 aliphatic carbocycles. The summed E-state index contributed by atoms with van der Waals surface area (Å²) in [6.45, 7) is 1.94. The van der Waals surface area contributed by atoms with E-state index in [1.165, 1.54) is 37.7 Å². The molecule has 5 nitrogen and oxygen atoms in total. The maximum Gasteiger partial charge on any atom is 0.292 e. The molecule has 120 valence electrons. The van der Waals surface area contributed by atoms with Crippen LogP contribution in [0.4, 0.5) is 0 Å². The Hall–Kier alpha value is -2.14. The smallest absolute Gasteiger partial charge is 0.292 e. The largest absolute Gasteiger partial charge is 0.317 e. The normalized spacial score (nSPS) is 16.3. The van der Waals surface area contributed by atoms with Crippen LogP contribution in [0.1, 0.15) is 37.7 Å². The van der Waals surface area contributed by atoms with E-state index in [9.17, 15) is 4.79 Å². The van der Waals surface area contributed by atoms with Gasteiger partial charge in [-0.25, -0.2) is 4.98 Å². The van der Waals surface area contributed by atoms with Gasteiger partial charge < -0.3 is 10.3 Å². The van der Waals surface area contributed by atoms with Gasteiger partial charge in [-0.05, 0) is 43.0 Å². The molecule has 0 radical (unpaired) electrons. The second-order valence-electron chi connectivity index (χ2n) is 6.56. The zero-order valence-electron chi connectivity index (χ0n) is 13.2. The van der Waals surface area contributed by atoms with Gasteiger partial charge in [-0.2, -0.15) is 0 Å². The van der Waals surface area contributed by atoms with Crippen molar-refractivity contribution in [2.45, 2.75) is 38.6 Å². The van der Waals surface area contributed by atoms with Crippen molar-refractivity contribution < 1.29 is 0 Å². The molecular formula is C18H22N4O. The minimum Gasteiger partial charge on any atom is -0.317 e. The fourth-order valence-electron chi connectivity index (χ4n) is 3.66. The van der Waals surface area contributed by atoms with E-state index in [1.807, 2.05) is 10.6 Å². The van der Waals surface area contributed by atoms with Crippen LogP contribution in [-0.2, 0) is 6.54 Å². The maximum atomic E-state index is 12.0. The van der Waals surface area contributed by atoms with E-state index in [2.05, 4.69) is 33.5 Å². The number of hydrogen-bond acceptors (Lipinski definition) is 3. The second kappa shape index (κ2) is 6.16. The van der Waals surface area contributed by atoms with Crippen LogP contribution >= 0.6 is 0 Å². The van der Waals surface area contributed by atoms with Gasteiger partial charge in [0.05, 0.1) is 11.0 Å².